The molecule has 1 saturated carbocycles. The van der Waals surface area contributed by atoms with Gasteiger partial charge in [0.05, 0.1) is 5.92 Å². The SMILES string of the molecule is CO[C@@]12CC1C(C#N)(c1cccc(Oc3ccccc3)c1)OC2=O. The van der Waals surface area contributed by atoms with Crippen molar-refractivity contribution < 1.29 is 19.0 Å². The highest BCUT2D eigenvalue weighted by atomic mass is 16.6. The molecule has 2 fully saturated rings. The van der Waals surface area contributed by atoms with Crippen molar-refractivity contribution in [3.05, 3.63) is 60.2 Å². The van der Waals surface area contributed by atoms with Crippen LogP contribution in [0, 0.1) is 17.2 Å². The summed E-state index contributed by atoms with van der Waals surface area (Å²) in [5.74, 6) is 0.520. The lowest BCUT2D eigenvalue weighted by Gasteiger charge is -2.22. The summed E-state index contributed by atoms with van der Waals surface area (Å²) in [7, 11) is 1.48. The minimum atomic E-state index is -1.32. The number of nitriles is 1. The predicted molar refractivity (Wildman–Crippen MR) is 84.2 cm³/mol. The van der Waals surface area contributed by atoms with Crippen LogP contribution >= 0.6 is 0 Å². The maximum Gasteiger partial charge on any atom is 0.340 e. The Morgan fingerprint density at radius 3 is 2.54 bits per heavy atom. The first-order valence-corrected chi connectivity index (χ1v) is 7.68. The molecule has 2 aromatic rings. The van der Waals surface area contributed by atoms with Gasteiger partial charge in [-0.25, -0.2) is 4.79 Å². The molecule has 2 aromatic carbocycles. The van der Waals surface area contributed by atoms with Gasteiger partial charge in [-0.1, -0.05) is 30.3 Å². The van der Waals surface area contributed by atoms with Gasteiger partial charge in [-0.2, -0.15) is 5.26 Å². The molecule has 120 valence electrons. The molecule has 5 nitrogen and oxygen atoms in total. The molecule has 1 heterocycles. The number of fused-ring (bicyclic) bond motifs is 1. The third kappa shape index (κ3) is 1.93. The van der Waals surface area contributed by atoms with E-state index < -0.39 is 17.2 Å². The number of cyclic esters (lactones) is 1. The van der Waals surface area contributed by atoms with Crippen LogP contribution in [0.4, 0.5) is 0 Å². The van der Waals surface area contributed by atoms with Crippen molar-refractivity contribution in [2.75, 3.05) is 7.11 Å². The summed E-state index contributed by atoms with van der Waals surface area (Å²) in [6.07, 6.45) is 0.500. The number of carbonyl (C=O) groups is 1. The van der Waals surface area contributed by atoms with Gasteiger partial charge in [-0.15, -0.1) is 0 Å². The zero-order chi connectivity index (χ0) is 16.8. The van der Waals surface area contributed by atoms with Crippen molar-refractivity contribution in [2.45, 2.75) is 17.6 Å². The molecule has 0 amide bonds. The molecule has 2 aliphatic rings. The molecule has 4 rings (SSSR count). The van der Waals surface area contributed by atoms with E-state index in [2.05, 4.69) is 6.07 Å². The first kappa shape index (κ1) is 14.7. The Labute approximate surface area is 139 Å². The van der Waals surface area contributed by atoms with Crippen LogP contribution in [0.1, 0.15) is 12.0 Å². The highest BCUT2D eigenvalue weighted by molar-refractivity contribution is 5.88. The number of para-hydroxylation sites is 1. The van der Waals surface area contributed by atoms with Crippen molar-refractivity contribution >= 4 is 5.97 Å². The molecule has 0 N–H and O–H groups in total. The Morgan fingerprint density at radius 1 is 1.17 bits per heavy atom. The molecule has 2 unspecified atom stereocenters. The minimum absolute atomic E-state index is 0.292. The smallest absolute Gasteiger partial charge is 0.340 e. The van der Waals surface area contributed by atoms with Crippen LogP contribution in [0.2, 0.25) is 0 Å². The zero-order valence-electron chi connectivity index (χ0n) is 13.1. The average molecular weight is 321 g/mol. The lowest BCUT2D eigenvalue weighted by molar-refractivity contribution is -0.158. The third-order valence-electron chi connectivity index (χ3n) is 4.77. The van der Waals surface area contributed by atoms with Crippen LogP contribution in [-0.4, -0.2) is 18.7 Å². The molecule has 1 aliphatic carbocycles. The summed E-state index contributed by atoms with van der Waals surface area (Å²) in [6, 6.07) is 18.7. The summed E-state index contributed by atoms with van der Waals surface area (Å²) in [6.45, 7) is 0. The van der Waals surface area contributed by atoms with Crippen LogP contribution < -0.4 is 4.74 Å². The number of carbonyl (C=O) groups excluding carboxylic acids is 1. The van der Waals surface area contributed by atoms with E-state index in [1.165, 1.54) is 7.11 Å². The van der Waals surface area contributed by atoms with E-state index >= 15 is 0 Å². The van der Waals surface area contributed by atoms with Crippen LogP contribution in [0.3, 0.4) is 0 Å². The molecule has 1 saturated heterocycles. The molecule has 0 bridgehead atoms. The van der Waals surface area contributed by atoms with E-state index in [1.54, 1.807) is 24.3 Å². The number of hydrogen-bond acceptors (Lipinski definition) is 5. The second-order valence-corrected chi connectivity index (χ2v) is 6.03. The molecular formula is C19H15NO4. The number of nitrogens with zero attached hydrogens (tertiary/aromatic N) is 1. The normalized spacial score (nSPS) is 30.2. The number of rotatable bonds is 4. The van der Waals surface area contributed by atoms with Crippen molar-refractivity contribution in [3.63, 3.8) is 0 Å². The maximum atomic E-state index is 12.2. The summed E-state index contributed by atoms with van der Waals surface area (Å²) in [4.78, 5) is 12.2. The molecule has 0 radical (unpaired) electrons. The van der Waals surface area contributed by atoms with Crippen molar-refractivity contribution in [1.29, 1.82) is 5.26 Å². The fourth-order valence-corrected chi connectivity index (χ4v) is 3.40. The predicted octanol–water partition coefficient (Wildman–Crippen LogP) is 3.16. The highest BCUT2D eigenvalue weighted by Gasteiger charge is 2.78. The second-order valence-electron chi connectivity index (χ2n) is 6.03. The zero-order valence-corrected chi connectivity index (χ0v) is 13.1. The van der Waals surface area contributed by atoms with Gasteiger partial charge in [0, 0.05) is 12.7 Å². The van der Waals surface area contributed by atoms with Crippen LogP contribution in [0.25, 0.3) is 0 Å². The average Bonchev–Trinajstić information content (AvgIpc) is 3.32. The molecule has 24 heavy (non-hydrogen) atoms. The fraction of sp³-hybridized carbons (Fsp3) is 0.263. The Balaban J connectivity index is 1.69. The maximum absolute atomic E-state index is 12.2. The standard InChI is InChI=1S/C19H15NO4/c1-22-18-11-16(18)19(12-20,24-17(18)21)13-6-5-9-15(10-13)23-14-7-3-2-4-8-14/h2-10,16H,11H2,1H3/t16?,18-,19?/m0/s1. The first-order chi connectivity index (χ1) is 11.6. The van der Waals surface area contributed by atoms with E-state index in [4.69, 9.17) is 14.2 Å². The molecule has 5 heteroatoms. The van der Waals surface area contributed by atoms with Crippen LogP contribution in [0.15, 0.2) is 54.6 Å². The summed E-state index contributed by atoms with van der Waals surface area (Å²) < 4.78 is 16.6. The number of methoxy groups -OCH3 is 1. The van der Waals surface area contributed by atoms with Gasteiger partial charge in [0.1, 0.15) is 17.6 Å². The van der Waals surface area contributed by atoms with Gasteiger partial charge >= 0.3 is 5.97 Å². The van der Waals surface area contributed by atoms with E-state index in [-0.39, 0.29) is 5.92 Å². The van der Waals surface area contributed by atoms with Gasteiger partial charge in [-0.05, 0) is 30.7 Å². The van der Waals surface area contributed by atoms with Crippen molar-refractivity contribution in [2.24, 2.45) is 5.92 Å². The summed E-state index contributed by atoms with van der Waals surface area (Å²) >= 11 is 0. The first-order valence-electron chi connectivity index (χ1n) is 7.68. The van der Waals surface area contributed by atoms with E-state index in [9.17, 15) is 10.1 Å². The quantitative estimate of drug-likeness (QED) is 0.809. The largest absolute Gasteiger partial charge is 0.457 e. The molecule has 3 atom stereocenters. The Hall–Kier alpha value is -2.84. The van der Waals surface area contributed by atoms with Crippen molar-refractivity contribution in [1.82, 2.24) is 0 Å². The topological polar surface area (TPSA) is 68.6 Å². The number of benzene rings is 2. The van der Waals surface area contributed by atoms with E-state index in [1.807, 2.05) is 30.3 Å². The second kappa shape index (κ2) is 5.08. The van der Waals surface area contributed by atoms with E-state index in [0.29, 0.717) is 23.5 Å². The minimum Gasteiger partial charge on any atom is -0.457 e. The Morgan fingerprint density at radius 2 is 1.92 bits per heavy atom. The molecular weight excluding hydrogens is 306 g/mol. The Bertz CT molecular complexity index is 844. The lowest BCUT2D eigenvalue weighted by Crippen LogP contribution is -2.28. The van der Waals surface area contributed by atoms with Gasteiger partial charge in [-0.3, -0.25) is 0 Å². The van der Waals surface area contributed by atoms with E-state index in [0.717, 1.165) is 0 Å². The Kier molecular flexibility index (Phi) is 3.12. The summed E-state index contributed by atoms with van der Waals surface area (Å²) in [5.41, 5.74) is -1.68. The molecule has 1 aliphatic heterocycles. The van der Waals surface area contributed by atoms with Gasteiger partial charge < -0.3 is 14.2 Å². The highest BCUT2D eigenvalue weighted by Crippen LogP contribution is 2.63. The monoisotopic (exact) mass is 321 g/mol. The van der Waals surface area contributed by atoms with Crippen molar-refractivity contribution in [3.8, 4) is 17.6 Å². The van der Waals surface area contributed by atoms with Crippen LogP contribution in [0.5, 0.6) is 11.5 Å². The van der Waals surface area contributed by atoms with Gasteiger partial charge in [0.15, 0.2) is 5.60 Å². The fourth-order valence-electron chi connectivity index (χ4n) is 3.40. The van der Waals surface area contributed by atoms with Gasteiger partial charge in [0.25, 0.3) is 0 Å². The van der Waals surface area contributed by atoms with Crippen LogP contribution in [-0.2, 0) is 19.9 Å². The number of hydrogen-bond donors (Lipinski definition) is 0. The lowest BCUT2D eigenvalue weighted by atomic mass is 9.90. The third-order valence-corrected chi connectivity index (χ3v) is 4.77. The number of ether oxygens (including phenoxy) is 3. The molecule has 0 aromatic heterocycles. The summed E-state index contributed by atoms with van der Waals surface area (Å²) in [5, 5.41) is 9.75. The molecule has 0 spiro atoms. The van der Waals surface area contributed by atoms with Gasteiger partial charge in [0.2, 0.25) is 5.60 Å². The number of esters is 1.